The molecule has 0 N–H and O–H groups in total. The van der Waals surface area contributed by atoms with Crippen LogP contribution in [0.2, 0.25) is 0 Å². The van der Waals surface area contributed by atoms with Crippen LogP contribution in [0.25, 0.3) is 0 Å². The number of halogens is 2. The molecule has 0 amide bonds. The van der Waals surface area contributed by atoms with E-state index in [4.69, 9.17) is 0 Å². The smallest absolute Gasteiger partial charge is 0.206 e. The molecule has 0 radical (unpaired) electrons. The molecule has 80 valence electrons. The molecule has 1 rings (SSSR count). The molecule has 1 aliphatic heterocycles. The zero-order chi connectivity index (χ0) is 10.5. The molecule has 6 heteroatoms. The second-order valence-electron chi connectivity index (χ2n) is 2.41. The van der Waals surface area contributed by atoms with Crippen LogP contribution < -0.4 is 0 Å². The normalized spacial score (nSPS) is 18.5. The molecule has 3 nitrogen and oxygen atoms in total. The lowest BCUT2D eigenvalue weighted by Gasteiger charge is -2.13. The van der Waals surface area contributed by atoms with Crippen molar-refractivity contribution < 1.29 is 17.2 Å². The molecule has 0 unspecified atom stereocenters. The third-order valence-corrected chi connectivity index (χ3v) is 3.19. The minimum Gasteiger partial charge on any atom is -0.206 e. The quantitative estimate of drug-likeness (QED) is 0.702. The minimum absolute atomic E-state index is 0.243. The Hall–Kier alpha value is -0.230. The summed E-state index contributed by atoms with van der Waals surface area (Å²) in [5.41, 5.74) is 0. The van der Waals surface area contributed by atoms with E-state index in [0.29, 0.717) is 12.8 Å². The summed E-state index contributed by atoms with van der Waals surface area (Å²) in [5, 5.41) is 0. The van der Waals surface area contributed by atoms with Gasteiger partial charge in [0.1, 0.15) is 0 Å². The molecule has 1 saturated heterocycles. The molecule has 1 aliphatic rings. The lowest BCUT2D eigenvalue weighted by Crippen LogP contribution is -2.32. The van der Waals surface area contributed by atoms with Crippen LogP contribution in [0.15, 0.2) is 0 Å². The lowest BCUT2D eigenvalue weighted by molar-refractivity contribution is 0.222. The van der Waals surface area contributed by atoms with Crippen molar-refractivity contribution in [2.45, 2.75) is 32.4 Å². The third-order valence-electron chi connectivity index (χ3n) is 1.65. The highest BCUT2D eigenvalue weighted by Crippen LogP contribution is 2.17. The highest BCUT2D eigenvalue weighted by atomic mass is 32.2. The number of sulfonamides is 1. The number of rotatable bonds is 2. The predicted octanol–water partition coefficient (Wildman–Crippen LogP) is 1.66. The van der Waals surface area contributed by atoms with Gasteiger partial charge in [-0.2, -0.15) is 13.1 Å². The van der Waals surface area contributed by atoms with Gasteiger partial charge < -0.3 is 0 Å². The van der Waals surface area contributed by atoms with Crippen molar-refractivity contribution in [1.29, 1.82) is 0 Å². The first-order valence-corrected chi connectivity index (χ1v) is 5.82. The number of hydrogen-bond acceptors (Lipinski definition) is 2. The Balaban J connectivity index is 0.000000671. The van der Waals surface area contributed by atoms with Gasteiger partial charge in [-0.3, -0.25) is 0 Å². The van der Waals surface area contributed by atoms with Crippen molar-refractivity contribution in [2.24, 2.45) is 0 Å². The van der Waals surface area contributed by atoms with Crippen LogP contribution in [0.4, 0.5) is 8.78 Å². The summed E-state index contributed by atoms with van der Waals surface area (Å²) in [5.74, 6) is -3.26. The molecule has 0 aromatic carbocycles. The maximum atomic E-state index is 11.8. The van der Waals surface area contributed by atoms with E-state index >= 15 is 0 Å². The zero-order valence-electron chi connectivity index (χ0n) is 7.83. The number of hydrogen-bond donors (Lipinski definition) is 0. The Kier molecular flexibility index (Phi) is 5.39. The Morgan fingerprint density at radius 2 is 1.54 bits per heavy atom. The molecule has 0 aromatic heterocycles. The fourth-order valence-electron chi connectivity index (χ4n) is 1.06. The second kappa shape index (κ2) is 5.49. The maximum Gasteiger partial charge on any atom is 0.350 e. The van der Waals surface area contributed by atoms with E-state index in [1.807, 2.05) is 13.8 Å². The maximum absolute atomic E-state index is 11.8. The van der Waals surface area contributed by atoms with Crippen molar-refractivity contribution in [1.82, 2.24) is 4.31 Å². The summed E-state index contributed by atoms with van der Waals surface area (Å²) in [4.78, 5) is 0. The first kappa shape index (κ1) is 12.8. The summed E-state index contributed by atoms with van der Waals surface area (Å²) in [6, 6.07) is 0. The average Bonchev–Trinajstić information content (AvgIpc) is 2.60. The Morgan fingerprint density at radius 1 is 1.15 bits per heavy atom. The fraction of sp³-hybridized carbons (Fsp3) is 1.00. The van der Waals surface area contributed by atoms with Gasteiger partial charge in [0.05, 0.1) is 0 Å². The van der Waals surface area contributed by atoms with E-state index < -0.39 is 15.8 Å². The van der Waals surface area contributed by atoms with Gasteiger partial charge in [0.25, 0.3) is 10.0 Å². The Morgan fingerprint density at radius 3 is 1.85 bits per heavy atom. The van der Waals surface area contributed by atoms with Gasteiger partial charge >= 0.3 is 5.76 Å². The van der Waals surface area contributed by atoms with Gasteiger partial charge in [0.2, 0.25) is 0 Å². The van der Waals surface area contributed by atoms with Crippen LogP contribution in [-0.2, 0) is 10.0 Å². The monoisotopic (exact) mass is 215 g/mol. The zero-order valence-corrected chi connectivity index (χ0v) is 8.65. The van der Waals surface area contributed by atoms with Gasteiger partial charge in [-0.15, -0.1) is 0 Å². The van der Waals surface area contributed by atoms with E-state index in [1.165, 1.54) is 0 Å². The highest BCUT2D eigenvalue weighted by molar-refractivity contribution is 7.89. The molecule has 0 spiro atoms. The molecule has 13 heavy (non-hydrogen) atoms. The van der Waals surface area contributed by atoms with Crippen molar-refractivity contribution in [3.63, 3.8) is 0 Å². The Bertz CT molecular complexity index is 223. The van der Waals surface area contributed by atoms with Gasteiger partial charge in [-0.25, -0.2) is 8.42 Å². The molecule has 0 saturated carbocycles. The number of nitrogens with zero attached hydrogens (tertiary/aromatic N) is 1. The van der Waals surface area contributed by atoms with Crippen molar-refractivity contribution in [3.8, 4) is 0 Å². The largest absolute Gasteiger partial charge is 0.350 e. The summed E-state index contributed by atoms with van der Waals surface area (Å²) >= 11 is 0. The Labute approximate surface area is 77.8 Å². The van der Waals surface area contributed by atoms with Crippen LogP contribution in [0.3, 0.4) is 0 Å². The van der Waals surface area contributed by atoms with Crippen LogP contribution >= 0.6 is 0 Å². The van der Waals surface area contributed by atoms with Crippen LogP contribution in [0.5, 0.6) is 0 Å². The van der Waals surface area contributed by atoms with E-state index in [1.54, 1.807) is 0 Å². The molecule has 0 aromatic rings. The molecule has 0 aliphatic carbocycles. The summed E-state index contributed by atoms with van der Waals surface area (Å²) < 4.78 is 45.9. The highest BCUT2D eigenvalue weighted by Gasteiger charge is 2.33. The molecular formula is C7H15F2NO2S. The van der Waals surface area contributed by atoms with Crippen molar-refractivity contribution >= 4 is 10.0 Å². The molecule has 1 fully saturated rings. The third kappa shape index (κ3) is 3.19. The van der Waals surface area contributed by atoms with E-state index in [-0.39, 0.29) is 13.1 Å². The summed E-state index contributed by atoms with van der Waals surface area (Å²) in [6.45, 7) is 4.49. The van der Waals surface area contributed by atoms with Crippen molar-refractivity contribution in [2.75, 3.05) is 13.1 Å². The first-order valence-electron chi connectivity index (χ1n) is 4.32. The van der Waals surface area contributed by atoms with E-state index in [0.717, 1.165) is 4.31 Å². The first-order chi connectivity index (χ1) is 6.05. The van der Waals surface area contributed by atoms with Crippen LogP contribution in [0, 0.1) is 0 Å². The summed E-state index contributed by atoms with van der Waals surface area (Å²) in [6.07, 6.45) is 1.37. The van der Waals surface area contributed by atoms with E-state index in [2.05, 4.69) is 0 Å². The fourth-order valence-corrected chi connectivity index (χ4v) is 2.05. The molecule has 1 heterocycles. The SMILES string of the molecule is CC.O=S(=O)(C(F)F)N1CCCC1. The topological polar surface area (TPSA) is 37.4 Å². The van der Waals surface area contributed by atoms with Crippen LogP contribution in [-0.4, -0.2) is 31.6 Å². The summed E-state index contributed by atoms with van der Waals surface area (Å²) in [7, 11) is -4.28. The standard InChI is InChI=1S/C5H9F2NO2S.C2H6/c6-5(7)11(9,10)8-3-1-2-4-8;1-2/h5H,1-4H2;1-2H3. The van der Waals surface area contributed by atoms with Gasteiger partial charge in [-0.1, -0.05) is 13.8 Å². The molecular weight excluding hydrogens is 200 g/mol. The second-order valence-corrected chi connectivity index (χ2v) is 4.31. The van der Waals surface area contributed by atoms with Gasteiger partial charge in [0, 0.05) is 13.1 Å². The minimum atomic E-state index is -4.28. The van der Waals surface area contributed by atoms with Gasteiger partial charge in [-0.05, 0) is 12.8 Å². The molecule has 0 bridgehead atoms. The lowest BCUT2D eigenvalue weighted by atomic mass is 10.4. The van der Waals surface area contributed by atoms with Crippen molar-refractivity contribution in [3.05, 3.63) is 0 Å². The van der Waals surface area contributed by atoms with Gasteiger partial charge in [0.15, 0.2) is 0 Å². The van der Waals surface area contributed by atoms with E-state index in [9.17, 15) is 17.2 Å². The molecule has 0 atom stereocenters. The van der Waals surface area contributed by atoms with Crippen LogP contribution in [0.1, 0.15) is 26.7 Å². The predicted molar refractivity (Wildman–Crippen MR) is 47.1 cm³/mol. The average molecular weight is 215 g/mol. The number of alkyl halides is 2.